The van der Waals surface area contributed by atoms with Crippen molar-refractivity contribution in [1.29, 1.82) is 0 Å². The van der Waals surface area contributed by atoms with Crippen molar-refractivity contribution in [2.45, 2.75) is 39.0 Å². The number of aldehydes is 1. The van der Waals surface area contributed by atoms with E-state index >= 15 is 0 Å². The van der Waals surface area contributed by atoms with Crippen molar-refractivity contribution >= 4 is 6.29 Å². The van der Waals surface area contributed by atoms with Crippen LogP contribution < -0.4 is 0 Å². The molecule has 0 N–H and O–H groups in total. The van der Waals surface area contributed by atoms with Gasteiger partial charge in [-0.1, -0.05) is 13.3 Å². The standard InChI is InChI=1S/C14H25NO2/c1-2-15(9-13-5-3-6-13)10-14(11-16)7-4-8-17-12-14/h11,13H,2-10,12H2,1H3. The molecule has 0 bridgehead atoms. The lowest BCUT2D eigenvalue weighted by Crippen LogP contribution is -2.46. The van der Waals surface area contributed by atoms with Crippen LogP contribution in [-0.2, 0) is 9.53 Å². The van der Waals surface area contributed by atoms with Gasteiger partial charge in [-0.25, -0.2) is 0 Å². The average Bonchev–Trinajstić information content (AvgIpc) is 2.33. The van der Waals surface area contributed by atoms with Gasteiger partial charge in [0.15, 0.2) is 0 Å². The first-order valence-electron chi connectivity index (χ1n) is 7.04. The van der Waals surface area contributed by atoms with E-state index in [0.29, 0.717) is 6.61 Å². The molecular formula is C14H25NO2. The van der Waals surface area contributed by atoms with Crippen LogP contribution >= 0.6 is 0 Å². The molecule has 1 saturated heterocycles. The van der Waals surface area contributed by atoms with Gasteiger partial charge in [-0.05, 0) is 38.1 Å². The Hall–Kier alpha value is -0.410. The number of nitrogens with zero attached hydrogens (tertiary/aromatic N) is 1. The molecule has 1 aliphatic carbocycles. The molecule has 2 rings (SSSR count). The van der Waals surface area contributed by atoms with Gasteiger partial charge in [0.05, 0.1) is 12.0 Å². The van der Waals surface area contributed by atoms with Crippen LogP contribution in [0.3, 0.4) is 0 Å². The third kappa shape index (κ3) is 3.29. The van der Waals surface area contributed by atoms with Crippen molar-refractivity contribution in [3.05, 3.63) is 0 Å². The Bertz CT molecular complexity index is 245. The van der Waals surface area contributed by atoms with Gasteiger partial charge in [0.1, 0.15) is 6.29 Å². The van der Waals surface area contributed by atoms with Crippen molar-refractivity contribution < 1.29 is 9.53 Å². The predicted molar refractivity (Wildman–Crippen MR) is 68.0 cm³/mol. The summed E-state index contributed by atoms with van der Waals surface area (Å²) in [5.41, 5.74) is -0.224. The average molecular weight is 239 g/mol. The molecule has 98 valence electrons. The van der Waals surface area contributed by atoms with E-state index in [0.717, 1.165) is 44.7 Å². The molecule has 2 fully saturated rings. The van der Waals surface area contributed by atoms with Gasteiger partial charge in [-0.3, -0.25) is 0 Å². The number of carbonyl (C=O) groups excluding carboxylic acids is 1. The fourth-order valence-corrected chi connectivity index (χ4v) is 2.92. The third-order valence-corrected chi connectivity index (χ3v) is 4.33. The highest BCUT2D eigenvalue weighted by Crippen LogP contribution is 2.31. The SMILES string of the molecule is CCN(CC1CCC1)CC1(C=O)CCCOC1. The van der Waals surface area contributed by atoms with Gasteiger partial charge < -0.3 is 14.4 Å². The number of hydrogen-bond donors (Lipinski definition) is 0. The van der Waals surface area contributed by atoms with Crippen LogP contribution in [0.2, 0.25) is 0 Å². The fraction of sp³-hybridized carbons (Fsp3) is 0.929. The molecular weight excluding hydrogens is 214 g/mol. The maximum atomic E-state index is 11.4. The Labute approximate surface area is 105 Å². The van der Waals surface area contributed by atoms with Gasteiger partial charge in [0.2, 0.25) is 0 Å². The lowest BCUT2D eigenvalue weighted by Gasteiger charge is -2.39. The smallest absolute Gasteiger partial charge is 0.129 e. The summed E-state index contributed by atoms with van der Waals surface area (Å²) in [5, 5.41) is 0. The van der Waals surface area contributed by atoms with Crippen molar-refractivity contribution in [3.8, 4) is 0 Å². The van der Waals surface area contributed by atoms with Crippen LogP contribution in [0.15, 0.2) is 0 Å². The van der Waals surface area contributed by atoms with Crippen molar-refractivity contribution in [3.63, 3.8) is 0 Å². The summed E-state index contributed by atoms with van der Waals surface area (Å²) in [5.74, 6) is 0.878. The van der Waals surface area contributed by atoms with E-state index in [9.17, 15) is 4.79 Å². The summed E-state index contributed by atoms with van der Waals surface area (Å²) in [6, 6.07) is 0. The number of ether oxygens (including phenoxy) is 1. The number of hydrogen-bond acceptors (Lipinski definition) is 3. The summed E-state index contributed by atoms with van der Waals surface area (Å²) in [7, 11) is 0. The molecule has 1 saturated carbocycles. The Kier molecular flexibility index (Phi) is 4.57. The third-order valence-electron chi connectivity index (χ3n) is 4.33. The largest absolute Gasteiger partial charge is 0.380 e. The lowest BCUT2D eigenvalue weighted by molar-refractivity contribution is -0.125. The van der Waals surface area contributed by atoms with Gasteiger partial charge in [-0.15, -0.1) is 0 Å². The Morgan fingerprint density at radius 2 is 2.24 bits per heavy atom. The Morgan fingerprint density at radius 3 is 2.71 bits per heavy atom. The van der Waals surface area contributed by atoms with Crippen molar-refractivity contribution in [1.82, 2.24) is 4.90 Å². The van der Waals surface area contributed by atoms with E-state index in [-0.39, 0.29) is 5.41 Å². The van der Waals surface area contributed by atoms with Crippen LogP contribution in [0.25, 0.3) is 0 Å². The van der Waals surface area contributed by atoms with Crippen LogP contribution in [0.1, 0.15) is 39.0 Å². The molecule has 3 heteroatoms. The van der Waals surface area contributed by atoms with Gasteiger partial charge >= 0.3 is 0 Å². The zero-order valence-corrected chi connectivity index (χ0v) is 11.0. The second-order valence-corrected chi connectivity index (χ2v) is 5.76. The minimum Gasteiger partial charge on any atom is -0.380 e. The molecule has 1 heterocycles. The first kappa shape index (κ1) is 13.0. The normalized spacial score (nSPS) is 30.2. The summed E-state index contributed by atoms with van der Waals surface area (Å²) < 4.78 is 5.51. The van der Waals surface area contributed by atoms with Crippen LogP contribution in [0.4, 0.5) is 0 Å². The predicted octanol–water partition coefficient (Wildman–Crippen LogP) is 2.10. The highest BCUT2D eigenvalue weighted by molar-refractivity contribution is 5.60. The van der Waals surface area contributed by atoms with Crippen molar-refractivity contribution in [2.75, 3.05) is 32.8 Å². The summed E-state index contributed by atoms with van der Waals surface area (Å²) in [4.78, 5) is 13.8. The molecule has 1 unspecified atom stereocenters. The molecule has 1 atom stereocenters. The zero-order chi connectivity index (χ0) is 12.1. The molecule has 0 amide bonds. The maximum Gasteiger partial charge on any atom is 0.129 e. The monoisotopic (exact) mass is 239 g/mol. The highest BCUT2D eigenvalue weighted by atomic mass is 16.5. The molecule has 0 aromatic carbocycles. The number of carbonyl (C=O) groups is 1. The quantitative estimate of drug-likeness (QED) is 0.665. The molecule has 0 aromatic rings. The second kappa shape index (κ2) is 5.96. The topological polar surface area (TPSA) is 29.5 Å². The summed E-state index contributed by atoms with van der Waals surface area (Å²) in [6.07, 6.45) is 7.32. The maximum absolute atomic E-state index is 11.4. The van der Waals surface area contributed by atoms with Crippen LogP contribution in [0.5, 0.6) is 0 Å². The van der Waals surface area contributed by atoms with E-state index in [1.54, 1.807) is 0 Å². The summed E-state index contributed by atoms with van der Waals surface area (Å²) >= 11 is 0. The van der Waals surface area contributed by atoms with E-state index in [1.165, 1.54) is 25.8 Å². The van der Waals surface area contributed by atoms with Crippen molar-refractivity contribution in [2.24, 2.45) is 11.3 Å². The van der Waals surface area contributed by atoms with Gasteiger partial charge in [0.25, 0.3) is 0 Å². The van der Waals surface area contributed by atoms with E-state index < -0.39 is 0 Å². The molecule has 17 heavy (non-hydrogen) atoms. The van der Waals surface area contributed by atoms with E-state index in [2.05, 4.69) is 11.8 Å². The van der Waals surface area contributed by atoms with Gasteiger partial charge in [0, 0.05) is 19.7 Å². The van der Waals surface area contributed by atoms with E-state index in [1.807, 2.05) is 0 Å². The molecule has 1 aliphatic heterocycles. The highest BCUT2D eigenvalue weighted by Gasteiger charge is 2.35. The lowest BCUT2D eigenvalue weighted by atomic mass is 9.81. The van der Waals surface area contributed by atoms with Gasteiger partial charge in [-0.2, -0.15) is 0 Å². The molecule has 0 radical (unpaired) electrons. The minimum atomic E-state index is -0.224. The molecule has 0 spiro atoms. The fourth-order valence-electron chi connectivity index (χ4n) is 2.92. The molecule has 2 aliphatic rings. The first-order valence-corrected chi connectivity index (χ1v) is 7.04. The second-order valence-electron chi connectivity index (χ2n) is 5.76. The summed E-state index contributed by atoms with van der Waals surface area (Å²) in [6.45, 7) is 6.75. The van der Waals surface area contributed by atoms with Crippen LogP contribution in [-0.4, -0.2) is 44.0 Å². The molecule has 0 aromatic heterocycles. The van der Waals surface area contributed by atoms with E-state index in [4.69, 9.17) is 4.74 Å². The molecule has 3 nitrogen and oxygen atoms in total. The zero-order valence-electron chi connectivity index (χ0n) is 11.0. The Balaban J connectivity index is 1.87. The minimum absolute atomic E-state index is 0.224. The first-order chi connectivity index (χ1) is 8.28. The number of rotatable bonds is 6. The Morgan fingerprint density at radius 1 is 1.41 bits per heavy atom. The van der Waals surface area contributed by atoms with Crippen LogP contribution in [0, 0.1) is 11.3 Å².